The Kier molecular flexibility index (Phi) is 6.24. The highest BCUT2D eigenvalue weighted by Gasteiger charge is 2.25. The van der Waals surface area contributed by atoms with Crippen LogP contribution >= 0.6 is 11.6 Å². The third-order valence-electron chi connectivity index (χ3n) is 4.75. The average molecular weight is 411 g/mol. The van der Waals surface area contributed by atoms with Gasteiger partial charge in [-0.05, 0) is 56.3 Å². The number of furan rings is 1. The van der Waals surface area contributed by atoms with Gasteiger partial charge in [-0.15, -0.1) is 0 Å². The van der Waals surface area contributed by atoms with E-state index in [1.807, 2.05) is 12.1 Å². The lowest BCUT2D eigenvalue weighted by molar-refractivity contribution is 0.0914. The summed E-state index contributed by atoms with van der Waals surface area (Å²) in [6, 6.07) is 7.97. The van der Waals surface area contributed by atoms with Crippen molar-refractivity contribution in [2.45, 2.75) is 30.2 Å². The largest absolute Gasteiger partial charge is 0.468 e. The number of piperidine rings is 1. The Morgan fingerprint density at radius 1 is 1.26 bits per heavy atom. The quantitative estimate of drug-likeness (QED) is 0.790. The molecule has 2 heterocycles. The highest BCUT2D eigenvalue weighted by Crippen LogP contribution is 2.25. The molecule has 1 aliphatic rings. The standard InChI is InChI=1S/C19H23ClN2O4S/c1-27(24,25)18-12-14(7-8-15(18)20)19(23)21-13-16(17-6-5-11-26-17)22-9-3-2-4-10-22/h5-8,11-12,16H,2-4,9-10,13H2,1H3,(H,21,23). The first-order valence-corrected chi connectivity index (χ1v) is 11.2. The van der Waals surface area contributed by atoms with E-state index in [1.165, 1.54) is 24.6 Å². The van der Waals surface area contributed by atoms with Crippen LogP contribution in [0.4, 0.5) is 0 Å². The molecule has 1 unspecified atom stereocenters. The van der Waals surface area contributed by atoms with Crippen LogP contribution in [-0.4, -0.2) is 45.1 Å². The van der Waals surface area contributed by atoms with E-state index in [9.17, 15) is 13.2 Å². The smallest absolute Gasteiger partial charge is 0.251 e. The molecule has 1 saturated heterocycles. The molecule has 0 radical (unpaired) electrons. The molecule has 1 atom stereocenters. The van der Waals surface area contributed by atoms with E-state index in [-0.39, 0.29) is 27.4 Å². The summed E-state index contributed by atoms with van der Waals surface area (Å²) in [7, 11) is -3.51. The van der Waals surface area contributed by atoms with Gasteiger partial charge in [0, 0.05) is 18.4 Å². The zero-order chi connectivity index (χ0) is 19.4. The monoisotopic (exact) mass is 410 g/mol. The van der Waals surface area contributed by atoms with Crippen LogP contribution < -0.4 is 5.32 Å². The van der Waals surface area contributed by atoms with Gasteiger partial charge >= 0.3 is 0 Å². The number of hydrogen-bond donors (Lipinski definition) is 1. The number of nitrogens with one attached hydrogen (secondary N) is 1. The lowest BCUT2D eigenvalue weighted by atomic mass is 10.1. The van der Waals surface area contributed by atoms with Crippen molar-refractivity contribution in [2.24, 2.45) is 0 Å². The van der Waals surface area contributed by atoms with Crippen molar-refractivity contribution < 1.29 is 17.6 Å². The minimum atomic E-state index is -3.51. The SMILES string of the molecule is CS(=O)(=O)c1cc(C(=O)NCC(c2ccco2)N2CCCCC2)ccc1Cl. The fourth-order valence-electron chi connectivity index (χ4n) is 3.34. The van der Waals surface area contributed by atoms with Crippen LogP contribution in [0.25, 0.3) is 0 Å². The summed E-state index contributed by atoms with van der Waals surface area (Å²) in [6.07, 6.45) is 6.16. The second-order valence-electron chi connectivity index (χ2n) is 6.76. The molecule has 1 amide bonds. The summed E-state index contributed by atoms with van der Waals surface area (Å²) < 4.78 is 29.2. The van der Waals surface area contributed by atoms with Gasteiger partial charge in [0.25, 0.3) is 5.91 Å². The molecule has 0 aliphatic carbocycles. The van der Waals surface area contributed by atoms with Gasteiger partial charge in [-0.3, -0.25) is 9.69 Å². The van der Waals surface area contributed by atoms with Crippen molar-refractivity contribution in [3.8, 4) is 0 Å². The zero-order valence-electron chi connectivity index (χ0n) is 15.2. The fraction of sp³-hybridized carbons (Fsp3) is 0.421. The van der Waals surface area contributed by atoms with Gasteiger partial charge in [0.15, 0.2) is 9.84 Å². The molecular weight excluding hydrogens is 388 g/mol. The normalized spacial score (nSPS) is 16.8. The molecule has 0 bridgehead atoms. The van der Waals surface area contributed by atoms with Gasteiger partial charge in [-0.2, -0.15) is 0 Å². The summed E-state index contributed by atoms with van der Waals surface area (Å²) in [5.41, 5.74) is 0.261. The second kappa shape index (κ2) is 8.46. The molecule has 0 spiro atoms. The average Bonchev–Trinajstić information content (AvgIpc) is 3.16. The minimum absolute atomic E-state index is 0.0459. The minimum Gasteiger partial charge on any atom is -0.468 e. The van der Waals surface area contributed by atoms with Crippen molar-refractivity contribution in [2.75, 3.05) is 25.9 Å². The predicted molar refractivity (Wildman–Crippen MR) is 104 cm³/mol. The number of likely N-dealkylation sites (tertiary alicyclic amines) is 1. The first kappa shape index (κ1) is 19.9. The summed E-state index contributed by atoms with van der Waals surface area (Å²) in [5, 5.41) is 3.01. The van der Waals surface area contributed by atoms with Gasteiger partial charge in [-0.1, -0.05) is 18.0 Å². The van der Waals surface area contributed by atoms with E-state index in [4.69, 9.17) is 16.0 Å². The number of halogens is 1. The van der Waals surface area contributed by atoms with Crippen molar-refractivity contribution in [3.05, 3.63) is 52.9 Å². The molecule has 1 aromatic heterocycles. The number of hydrogen-bond acceptors (Lipinski definition) is 5. The molecule has 1 fully saturated rings. The first-order valence-electron chi connectivity index (χ1n) is 8.91. The number of sulfone groups is 1. The maximum absolute atomic E-state index is 12.6. The van der Waals surface area contributed by atoms with Crippen LogP contribution in [0.3, 0.4) is 0 Å². The Balaban J connectivity index is 1.74. The van der Waals surface area contributed by atoms with E-state index < -0.39 is 9.84 Å². The number of nitrogens with zero attached hydrogens (tertiary/aromatic N) is 1. The van der Waals surface area contributed by atoms with Gasteiger partial charge in [0.05, 0.1) is 22.2 Å². The maximum Gasteiger partial charge on any atom is 0.251 e. The third-order valence-corrected chi connectivity index (χ3v) is 6.33. The lowest BCUT2D eigenvalue weighted by Crippen LogP contribution is -2.40. The molecule has 146 valence electrons. The van der Waals surface area contributed by atoms with Crippen LogP contribution in [0.2, 0.25) is 5.02 Å². The van der Waals surface area contributed by atoms with Crippen LogP contribution in [0, 0.1) is 0 Å². The van der Waals surface area contributed by atoms with Crippen molar-refractivity contribution in [1.82, 2.24) is 10.2 Å². The zero-order valence-corrected chi connectivity index (χ0v) is 16.7. The summed E-state index contributed by atoms with van der Waals surface area (Å²) in [5.74, 6) is 0.468. The Hall–Kier alpha value is -1.83. The highest BCUT2D eigenvalue weighted by atomic mass is 35.5. The van der Waals surface area contributed by atoms with Crippen LogP contribution in [0.5, 0.6) is 0 Å². The number of amides is 1. The number of carbonyl (C=O) groups excluding carboxylic acids is 1. The van der Waals surface area contributed by atoms with Gasteiger partial charge < -0.3 is 9.73 Å². The molecule has 1 N–H and O–H groups in total. The number of benzene rings is 1. The molecule has 1 aliphatic heterocycles. The first-order chi connectivity index (χ1) is 12.9. The van der Waals surface area contributed by atoms with Crippen molar-refractivity contribution in [3.63, 3.8) is 0 Å². The Labute approximate surface area is 164 Å². The Bertz CT molecular complexity index is 890. The van der Waals surface area contributed by atoms with Gasteiger partial charge in [0.1, 0.15) is 5.76 Å². The molecule has 0 saturated carbocycles. The van der Waals surface area contributed by atoms with E-state index in [0.29, 0.717) is 6.54 Å². The summed E-state index contributed by atoms with van der Waals surface area (Å²) in [4.78, 5) is 14.9. The molecule has 2 aromatic rings. The Morgan fingerprint density at radius 3 is 2.63 bits per heavy atom. The molecule has 6 nitrogen and oxygen atoms in total. The van der Waals surface area contributed by atoms with E-state index in [2.05, 4.69) is 10.2 Å². The lowest BCUT2D eigenvalue weighted by Gasteiger charge is -2.33. The molecule has 3 rings (SSSR count). The van der Waals surface area contributed by atoms with E-state index in [1.54, 1.807) is 6.26 Å². The maximum atomic E-state index is 12.6. The molecular formula is C19H23ClN2O4S. The van der Waals surface area contributed by atoms with Crippen molar-refractivity contribution in [1.29, 1.82) is 0 Å². The number of rotatable bonds is 6. The summed E-state index contributed by atoms with van der Waals surface area (Å²) in [6.45, 7) is 2.30. The Morgan fingerprint density at radius 2 is 2.00 bits per heavy atom. The molecule has 1 aromatic carbocycles. The number of carbonyl (C=O) groups is 1. The fourth-order valence-corrected chi connectivity index (χ4v) is 4.64. The van der Waals surface area contributed by atoms with E-state index in [0.717, 1.165) is 37.9 Å². The highest BCUT2D eigenvalue weighted by molar-refractivity contribution is 7.90. The molecule has 27 heavy (non-hydrogen) atoms. The second-order valence-corrected chi connectivity index (χ2v) is 9.15. The summed E-state index contributed by atoms with van der Waals surface area (Å²) >= 11 is 5.95. The molecule has 8 heteroatoms. The van der Waals surface area contributed by atoms with Crippen molar-refractivity contribution >= 4 is 27.3 Å². The van der Waals surface area contributed by atoms with E-state index >= 15 is 0 Å². The van der Waals surface area contributed by atoms with Crippen LogP contribution in [0.15, 0.2) is 45.9 Å². The van der Waals surface area contributed by atoms with Crippen LogP contribution in [-0.2, 0) is 9.84 Å². The third kappa shape index (κ3) is 4.91. The van der Waals surface area contributed by atoms with Gasteiger partial charge in [-0.25, -0.2) is 8.42 Å². The van der Waals surface area contributed by atoms with Crippen LogP contribution in [0.1, 0.15) is 41.4 Å². The van der Waals surface area contributed by atoms with Gasteiger partial charge in [0.2, 0.25) is 0 Å². The topological polar surface area (TPSA) is 79.6 Å². The predicted octanol–water partition coefficient (Wildman–Crippen LogP) is 3.29.